The van der Waals surface area contributed by atoms with Crippen LogP contribution >= 0.6 is 0 Å². The molecule has 1 unspecified atom stereocenters. The molecule has 2 aliphatic heterocycles. The first kappa shape index (κ1) is 18.2. The van der Waals surface area contributed by atoms with Crippen molar-refractivity contribution >= 4 is 5.91 Å². The molecule has 1 atom stereocenters. The molecule has 0 aliphatic carbocycles. The third-order valence-corrected chi connectivity index (χ3v) is 5.01. The normalized spacial score (nSPS) is 17.2. The maximum absolute atomic E-state index is 12.9. The van der Waals surface area contributed by atoms with Crippen LogP contribution in [0.3, 0.4) is 0 Å². The first-order valence-corrected chi connectivity index (χ1v) is 9.47. The zero-order chi connectivity index (χ0) is 20.5. The van der Waals surface area contributed by atoms with E-state index in [0.29, 0.717) is 54.2 Å². The molecule has 154 valence electrons. The van der Waals surface area contributed by atoms with E-state index in [9.17, 15) is 4.79 Å². The van der Waals surface area contributed by atoms with Crippen LogP contribution in [0.1, 0.15) is 16.9 Å². The van der Waals surface area contributed by atoms with Gasteiger partial charge < -0.3 is 23.8 Å². The van der Waals surface area contributed by atoms with Gasteiger partial charge in [-0.1, -0.05) is 0 Å². The van der Waals surface area contributed by atoms with Gasteiger partial charge in [-0.05, 0) is 24.3 Å². The van der Waals surface area contributed by atoms with Gasteiger partial charge in [0.25, 0.3) is 17.7 Å². The van der Waals surface area contributed by atoms with Crippen LogP contribution < -0.4 is 18.9 Å². The molecule has 1 N–H and O–H groups in total. The number of ether oxygens (including phenoxy) is 4. The predicted molar refractivity (Wildman–Crippen MR) is 104 cm³/mol. The van der Waals surface area contributed by atoms with E-state index < -0.39 is 0 Å². The summed E-state index contributed by atoms with van der Waals surface area (Å²) in [6, 6.07) is 7.30. The number of amides is 1. The fraction of sp³-hybridized carbons (Fsp3) is 0.300. The Morgan fingerprint density at radius 3 is 2.87 bits per heavy atom. The molecule has 2 aliphatic rings. The standard InChI is InChI=1S/C20H19N5O5/c1-27-18-19(22-6-5-21-18)30-13-4-7-25(10-13)20(26)15-9-14(23-24-15)12-2-3-16-17(8-12)29-11-28-16/h2-3,5-6,8-9,13H,4,7,10-11H2,1H3,(H,23,24). The number of carbonyl (C=O) groups excluding carboxylic acids is 1. The van der Waals surface area contributed by atoms with Crippen molar-refractivity contribution in [1.29, 1.82) is 0 Å². The number of rotatable bonds is 5. The van der Waals surface area contributed by atoms with Crippen LogP contribution in [0, 0.1) is 0 Å². The van der Waals surface area contributed by atoms with E-state index in [2.05, 4.69) is 20.2 Å². The fourth-order valence-electron chi connectivity index (χ4n) is 3.51. The van der Waals surface area contributed by atoms with Gasteiger partial charge in [-0.2, -0.15) is 5.10 Å². The second kappa shape index (κ2) is 7.54. The molecule has 3 aromatic rings. The molecule has 0 radical (unpaired) electrons. The molecule has 0 saturated carbocycles. The number of likely N-dealkylation sites (tertiary alicyclic amines) is 1. The lowest BCUT2D eigenvalue weighted by atomic mass is 10.1. The monoisotopic (exact) mass is 409 g/mol. The Hall–Kier alpha value is -3.82. The molecular formula is C20H19N5O5. The van der Waals surface area contributed by atoms with Crippen LogP contribution in [0.4, 0.5) is 0 Å². The zero-order valence-corrected chi connectivity index (χ0v) is 16.2. The summed E-state index contributed by atoms with van der Waals surface area (Å²) in [6.07, 6.45) is 3.58. The van der Waals surface area contributed by atoms with E-state index in [1.54, 1.807) is 11.0 Å². The molecule has 1 saturated heterocycles. The number of fused-ring (bicyclic) bond motifs is 1. The van der Waals surface area contributed by atoms with Gasteiger partial charge in [0, 0.05) is 30.9 Å². The summed E-state index contributed by atoms with van der Waals surface area (Å²) in [7, 11) is 1.51. The van der Waals surface area contributed by atoms with E-state index in [1.807, 2.05) is 18.2 Å². The smallest absolute Gasteiger partial charge is 0.278 e. The first-order chi connectivity index (χ1) is 14.7. The van der Waals surface area contributed by atoms with Crippen LogP contribution in [-0.2, 0) is 0 Å². The van der Waals surface area contributed by atoms with Crippen molar-refractivity contribution in [3.05, 3.63) is 42.4 Å². The average molecular weight is 409 g/mol. The largest absolute Gasteiger partial charge is 0.477 e. The molecule has 30 heavy (non-hydrogen) atoms. The average Bonchev–Trinajstić information content (AvgIpc) is 3.53. The Morgan fingerprint density at radius 1 is 1.17 bits per heavy atom. The number of H-pyrrole nitrogens is 1. The number of aromatic amines is 1. The van der Waals surface area contributed by atoms with Crippen molar-refractivity contribution in [2.45, 2.75) is 12.5 Å². The van der Waals surface area contributed by atoms with Gasteiger partial charge in [-0.3, -0.25) is 9.89 Å². The highest BCUT2D eigenvalue weighted by Gasteiger charge is 2.30. The summed E-state index contributed by atoms with van der Waals surface area (Å²) < 4.78 is 21.8. The number of nitrogens with zero attached hydrogens (tertiary/aromatic N) is 4. The predicted octanol–water partition coefficient (Wildman–Crippen LogP) is 1.90. The van der Waals surface area contributed by atoms with Crippen LogP contribution in [0.15, 0.2) is 36.7 Å². The van der Waals surface area contributed by atoms with Crippen LogP contribution in [0.5, 0.6) is 23.3 Å². The molecular weight excluding hydrogens is 390 g/mol. The van der Waals surface area contributed by atoms with Crippen molar-refractivity contribution in [1.82, 2.24) is 25.1 Å². The Morgan fingerprint density at radius 2 is 2.00 bits per heavy atom. The second-order valence-corrected chi connectivity index (χ2v) is 6.89. The molecule has 10 heteroatoms. The van der Waals surface area contributed by atoms with Crippen molar-refractivity contribution in [2.75, 3.05) is 27.0 Å². The molecule has 1 aromatic carbocycles. The highest BCUT2D eigenvalue weighted by atomic mass is 16.7. The maximum atomic E-state index is 12.9. The van der Waals surface area contributed by atoms with Gasteiger partial charge in [0.15, 0.2) is 11.5 Å². The summed E-state index contributed by atoms with van der Waals surface area (Å²) in [5, 5.41) is 7.11. The van der Waals surface area contributed by atoms with Crippen molar-refractivity contribution in [3.8, 4) is 34.5 Å². The second-order valence-electron chi connectivity index (χ2n) is 6.89. The fourth-order valence-corrected chi connectivity index (χ4v) is 3.51. The third-order valence-electron chi connectivity index (χ3n) is 5.01. The highest BCUT2D eigenvalue weighted by Crippen LogP contribution is 2.35. The summed E-state index contributed by atoms with van der Waals surface area (Å²) in [5.41, 5.74) is 1.92. The van der Waals surface area contributed by atoms with E-state index in [4.69, 9.17) is 18.9 Å². The van der Waals surface area contributed by atoms with E-state index in [-0.39, 0.29) is 18.8 Å². The summed E-state index contributed by atoms with van der Waals surface area (Å²) in [6.45, 7) is 1.23. The van der Waals surface area contributed by atoms with E-state index in [0.717, 1.165) is 5.56 Å². The number of hydrogen-bond donors (Lipinski definition) is 1. The van der Waals surface area contributed by atoms with E-state index in [1.165, 1.54) is 19.5 Å². The maximum Gasteiger partial charge on any atom is 0.278 e. The summed E-state index contributed by atoms with van der Waals surface area (Å²) in [4.78, 5) is 22.9. The Kier molecular flexibility index (Phi) is 4.58. The SMILES string of the molecule is COc1nccnc1OC1CCN(C(=O)c2cc(-c3ccc4c(c3)OCO4)n[nH]2)C1. The minimum absolute atomic E-state index is 0.133. The summed E-state index contributed by atoms with van der Waals surface area (Å²) >= 11 is 0. The first-order valence-electron chi connectivity index (χ1n) is 9.47. The lowest BCUT2D eigenvalue weighted by molar-refractivity contribution is 0.0764. The molecule has 0 spiro atoms. The number of methoxy groups -OCH3 is 1. The number of carbonyl (C=O) groups is 1. The van der Waals surface area contributed by atoms with Gasteiger partial charge in [0.2, 0.25) is 6.79 Å². The third kappa shape index (κ3) is 3.36. The zero-order valence-electron chi connectivity index (χ0n) is 16.2. The van der Waals surface area contributed by atoms with Crippen LogP contribution in [-0.4, -0.2) is 64.1 Å². The summed E-state index contributed by atoms with van der Waals surface area (Å²) in [5.74, 6) is 1.89. The molecule has 1 fully saturated rings. The van der Waals surface area contributed by atoms with Crippen molar-refractivity contribution in [3.63, 3.8) is 0 Å². The Balaban J connectivity index is 1.26. The van der Waals surface area contributed by atoms with Crippen LogP contribution in [0.2, 0.25) is 0 Å². The minimum atomic E-state index is -0.184. The molecule has 2 aromatic heterocycles. The van der Waals surface area contributed by atoms with Gasteiger partial charge in [0.1, 0.15) is 11.8 Å². The number of nitrogens with one attached hydrogen (secondary N) is 1. The van der Waals surface area contributed by atoms with Gasteiger partial charge in [0.05, 0.1) is 19.3 Å². The highest BCUT2D eigenvalue weighted by molar-refractivity contribution is 5.93. The van der Waals surface area contributed by atoms with Gasteiger partial charge in [-0.25, -0.2) is 9.97 Å². The Labute approximate surface area is 171 Å². The molecule has 1 amide bonds. The lowest BCUT2D eigenvalue weighted by Crippen LogP contribution is -2.31. The van der Waals surface area contributed by atoms with Crippen molar-refractivity contribution < 1.29 is 23.7 Å². The Bertz CT molecular complexity index is 1080. The molecule has 4 heterocycles. The molecule has 10 nitrogen and oxygen atoms in total. The topological polar surface area (TPSA) is 112 Å². The number of aromatic nitrogens is 4. The van der Waals surface area contributed by atoms with Gasteiger partial charge in [-0.15, -0.1) is 0 Å². The quantitative estimate of drug-likeness (QED) is 0.680. The number of hydrogen-bond acceptors (Lipinski definition) is 8. The minimum Gasteiger partial charge on any atom is -0.477 e. The number of benzene rings is 1. The van der Waals surface area contributed by atoms with Gasteiger partial charge >= 0.3 is 0 Å². The van der Waals surface area contributed by atoms with Crippen molar-refractivity contribution in [2.24, 2.45) is 0 Å². The molecule has 0 bridgehead atoms. The lowest BCUT2D eigenvalue weighted by Gasteiger charge is -2.16. The van der Waals surface area contributed by atoms with Crippen LogP contribution in [0.25, 0.3) is 11.3 Å². The molecule has 5 rings (SSSR count). The van der Waals surface area contributed by atoms with E-state index >= 15 is 0 Å².